The third-order valence-electron chi connectivity index (χ3n) is 10.3. The molecule has 0 radical (unpaired) electrons. The summed E-state index contributed by atoms with van der Waals surface area (Å²) >= 11 is 0. The van der Waals surface area contributed by atoms with Crippen LogP contribution in [-0.4, -0.2) is 75.0 Å². The first-order valence-corrected chi connectivity index (χ1v) is 14.2. The van der Waals surface area contributed by atoms with Crippen molar-refractivity contribution in [1.29, 1.82) is 0 Å². The molecule has 0 amide bonds. The summed E-state index contributed by atoms with van der Waals surface area (Å²) in [4.78, 5) is 55.5. The molecule has 4 rings (SSSR count). The van der Waals surface area contributed by atoms with Crippen molar-refractivity contribution in [1.82, 2.24) is 5.39 Å². The Labute approximate surface area is 238 Å². The van der Waals surface area contributed by atoms with Crippen LogP contribution in [0, 0.1) is 28.6 Å². The van der Waals surface area contributed by atoms with Crippen LogP contribution in [0.3, 0.4) is 0 Å². The molecule has 3 fully saturated rings. The number of allylic oxidation sites excluding steroid dienone is 4. The highest BCUT2D eigenvalue weighted by molar-refractivity contribution is 6.01. The highest BCUT2D eigenvalue weighted by Crippen LogP contribution is 2.71. The van der Waals surface area contributed by atoms with Gasteiger partial charge in [0.05, 0.1) is 11.5 Å². The van der Waals surface area contributed by atoms with Crippen LogP contribution in [0.15, 0.2) is 23.8 Å². The van der Waals surface area contributed by atoms with Gasteiger partial charge >= 0.3 is 11.9 Å². The van der Waals surface area contributed by atoms with Gasteiger partial charge in [0.25, 0.3) is 0 Å². The number of Topliss-reactive ketones (excluding diaryl/α,β-unsaturated/α-hetero) is 1. The number of hydrogen-bond donors (Lipinski definition) is 3. The van der Waals surface area contributed by atoms with Crippen molar-refractivity contribution in [2.45, 2.75) is 90.0 Å². The Morgan fingerprint density at radius 3 is 2.51 bits per heavy atom. The number of hydrogen-bond acceptors (Lipinski definition) is 11. The van der Waals surface area contributed by atoms with Crippen molar-refractivity contribution in [3.05, 3.63) is 23.8 Å². The summed E-state index contributed by atoms with van der Waals surface area (Å²) in [6.07, 6.45) is 4.97. The molecule has 11 nitrogen and oxygen atoms in total. The van der Waals surface area contributed by atoms with E-state index < -0.39 is 82.3 Å². The van der Waals surface area contributed by atoms with Gasteiger partial charge in [0.2, 0.25) is 5.78 Å². The summed E-state index contributed by atoms with van der Waals surface area (Å²) in [6, 6.07) is 0. The number of ether oxygens (including phenoxy) is 2. The second-order valence-corrected chi connectivity index (χ2v) is 12.3. The Balaban J connectivity index is 1.72. The normalized spacial score (nSPS) is 39.4. The van der Waals surface area contributed by atoms with Crippen LogP contribution in [0.4, 0.5) is 4.39 Å². The first kappa shape index (κ1) is 31.4. The molecule has 228 valence electrons. The van der Waals surface area contributed by atoms with Crippen molar-refractivity contribution in [3.63, 3.8) is 0 Å². The fourth-order valence-electron chi connectivity index (χ4n) is 8.36. The van der Waals surface area contributed by atoms with E-state index in [9.17, 15) is 24.3 Å². The molecule has 4 aliphatic carbocycles. The maximum absolute atomic E-state index is 17.5. The molecule has 4 aliphatic rings. The van der Waals surface area contributed by atoms with Crippen molar-refractivity contribution >= 4 is 23.5 Å². The van der Waals surface area contributed by atoms with Gasteiger partial charge in [-0.15, -0.1) is 0 Å². The minimum atomic E-state index is -2.13. The zero-order valence-electron chi connectivity index (χ0n) is 23.9. The van der Waals surface area contributed by atoms with Crippen molar-refractivity contribution in [3.8, 4) is 0 Å². The molecule has 0 bridgehead atoms. The Morgan fingerprint density at radius 1 is 1.15 bits per heavy atom. The van der Waals surface area contributed by atoms with E-state index in [4.69, 9.17) is 19.9 Å². The molecule has 1 unspecified atom stereocenters. The molecule has 0 aromatic heterocycles. The summed E-state index contributed by atoms with van der Waals surface area (Å²) in [6.45, 7) is 5.39. The van der Waals surface area contributed by atoms with Gasteiger partial charge < -0.3 is 14.6 Å². The molecular weight excluding hydrogens is 541 g/mol. The summed E-state index contributed by atoms with van der Waals surface area (Å²) < 4.78 is 28.6. The standard InChI is InChI=1S/C29H40FNO10/c1-5-6-7-24(35)41-29(23(34)15-39-25(36)16-40-31(37)38)17(2)12-21-20-9-8-18-13-19(32)10-11-26(18,3)28(20,30)22(33)14-27(21,29)4/h10-11,13,17,20-22,33,37-38H,5-9,12,14-16H2,1-4H3/t17-,20?,21-,22-,26-,27-,28-,29-/m0/s1. The van der Waals surface area contributed by atoms with Crippen LogP contribution < -0.4 is 0 Å². The molecule has 12 heteroatoms. The largest absolute Gasteiger partial charge is 0.456 e. The lowest BCUT2D eigenvalue weighted by Gasteiger charge is -2.62. The lowest BCUT2D eigenvalue weighted by Crippen LogP contribution is -2.70. The number of carbonyl (C=O) groups is 4. The fraction of sp³-hybridized carbons (Fsp3) is 0.724. The number of aliphatic hydroxyl groups is 1. The molecule has 0 saturated heterocycles. The maximum Gasteiger partial charge on any atom is 0.334 e. The molecule has 0 heterocycles. The van der Waals surface area contributed by atoms with E-state index in [1.807, 2.05) is 6.92 Å². The Bertz CT molecular complexity index is 1150. The molecular formula is C29H40FNO10. The zero-order valence-corrected chi connectivity index (χ0v) is 23.9. The lowest BCUT2D eigenvalue weighted by molar-refractivity contribution is -0.489. The van der Waals surface area contributed by atoms with Gasteiger partial charge in [0.1, 0.15) is 0 Å². The van der Waals surface area contributed by atoms with E-state index in [1.165, 1.54) is 12.2 Å². The number of unbranched alkanes of at least 4 members (excludes halogenated alkanes) is 1. The summed E-state index contributed by atoms with van der Waals surface area (Å²) in [5, 5.41) is 28.3. The van der Waals surface area contributed by atoms with E-state index in [1.54, 1.807) is 26.8 Å². The highest BCUT2D eigenvalue weighted by Gasteiger charge is 2.77. The highest BCUT2D eigenvalue weighted by atomic mass is 19.1. The molecule has 0 aliphatic heterocycles. The van der Waals surface area contributed by atoms with E-state index in [-0.39, 0.29) is 18.6 Å². The van der Waals surface area contributed by atoms with Crippen molar-refractivity contribution in [2.75, 3.05) is 13.2 Å². The molecule has 8 atom stereocenters. The molecule has 0 spiro atoms. The molecule has 3 N–H and O–H groups in total. The molecule has 0 aromatic carbocycles. The van der Waals surface area contributed by atoms with Gasteiger partial charge in [-0.3, -0.25) is 24.8 Å². The Hall–Kier alpha value is -2.51. The Kier molecular flexibility index (Phi) is 8.65. The average Bonchev–Trinajstić information content (AvgIpc) is 3.12. The second-order valence-electron chi connectivity index (χ2n) is 12.3. The van der Waals surface area contributed by atoms with Gasteiger partial charge in [0, 0.05) is 29.1 Å². The van der Waals surface area contributed by atoms with Gasteiger partial charge in [-0.25, -0.2) is 14.0 Å². The first-order valence-electron chi connectivity index (χ1n) is 14.2. The van der Waals surface area contributed by atoms with Gasteiger partial charge in [-0.05, 0) is 57.1 Å². The topological polar surface area (TPSA) is 160 Å². The van der Waals surface area contributed by atoms with Crippen LogP contribution in [0.2, 0.25) is 0 Å². The van der Waals surface area contributed by atoms with Crippen LogP contribution in [0.25, 0.3) is 0 Å². The predicted octanol–water partition coefficient (Wildman–Crippen LogP) is 3.20. The minimum absolute atomic E-state index is 0.0551. The van der Waals surface area contributed by atoms with Crippen LogP contribution in [0.5, 0.6) is 0 Å². The van der Waals surface area contributed by atoms with Crippen LogP contribution in [-0.2, 0) is 33.5 Å². The minimum Gasteiger partial charge on any atom is -0.456 e. The van der Waals surface area contributed by atoms with E-state index in [2.05, 4.69) is 4.84 Å². The van der Waals surface area contributed by atoms with Crippen molar-refractivity contribution in [2.24, 2.45) is 28.6 Å². The van der Waals surface area contributed by atoms with E-state index in [0.29, 0.717) is 37.7 Å². The molecule has 41 heavy (non-hydrogen) atoms. The number of carbonyl (C=O) groups excluding carboxylic acids is 4. The van der Waals surface area contributed by atoms with E-state index in [0.717, 1.165) is 0 Å². The van der Waals surface area contributed by atoms with Crippen LogP contribution >= 0.6 is 0 Å². The third kappa shape index (κ3) is 4.87. The number of alkyl halides is 1. The summed E-state index contributed by atoms with van der Waals surface area (Å²) in [5.41, 5.74) is -5.74. The Morgan fingerprint density at radius 2 is 1.85 bits per heavy atom. The number of ketones is 2. The summed E-state index contributed by atoms with van der Waals surface area (Å²) in [5.74, 6) is -4.40. The molecule has 0 aromatic rings. The molecule has 3 saturated carbocycles. The average molecular weight is 582 g/mol. The van der Waals surface area contributed by atoms with Crippen molar-refractivity contribution < 1.29 is 53.4 Å². The zero-order chi connectivity index (χ0) is 30.4. The van der Waals surface area contributed by atoms with Crippen LogP contribution in [0.1, 0.15) is 72.6 Å². The fourth-order valence-corrected chi connectivity index (χ4v) is 8.36. The number of aliphatic hydroxyl groups excluding tert-OH is 1. The number of esters is 2. The number of fused-ring (bicyclic) bond motifs is 5. The number of rotatable bonds is 10. The summed E-state index contributed by atoms with van der Waals surface area (Å²) in [7, 11) is 0. The van der Waals surface area contributed by atoms with E-state index >= 15 is 4.39 Å². The maximum atomic E-state index is 17.5. The van der Waals surface area contributed by atoms with Gasteiger partial charge in [-0.1, -0.05) is 38.8 Å². The quantitative estimate of drug-likeness (QED) is 0.257. The second kappa shape index (κ2) is 11.3. The SMILES string of the molecule is CCCCC(=O)O[C@]1(C(=O)COC(=O)CON(O)O)[C@@H](C)C[C@H]2C3CCC4=CC(=O)C=C[C@]4(C)[C@@]3(F)[C@@H](O)C[C@@]21C. The predicted molar refractivity (Wildman–Crippen MR) is 139 cm³/mol. The van der Waals surface area contributed by atoms with Gasteiger partial charge in [0.15, 0.2) is 30.3 Å². The van der Waals surface area contributed by atoms with Gasteiger partial charge in [-0.2, -0.15) is 0 Å². The number of nitrogens with zero attached hydrogens (tertiary/aromatic N) is 1. The lowest BCUT2D eigenvalue weighted by atomic mass is 9.44. The first-order chi connectivity index (χ1) is 19.2. The smallest absolute Gasteiger partial charge is 0.334 e. The number of halogens is 1. The third-order valence-corrected chi connectivity index (χ3v) is 10.3. The monoisotopic (exact) mass is 581 g/mol.